The average Bonchev–Trinajstić information content (AvgIpc) is 3.91. The highest BCUT2D eigenvalue weighted by Gasteiger charge is 2.27. The maximum Gasteiger partial charge on any atom is 0.139 e. The third-order valence-corrected chi connectivity index (χ3v) is 11.9. The van der Waals surface area contributed by atoms with E-state index in [0.717, 1.165) is 83.2 Å². The summed E-state index contributed by atoms with van der Waals surface area (Å²) in [7, 11) is 0. The van der Waals surface area contributed by atoms with Gasteiger partial charge in [0.1, 0.15) is 22.3 Å². The van der Waals surface area contributed by atoms with Crippen LogP contribution >= 0.6 is 11.3 Å². The number of fused-ring (bicyclic) bond motifs is 14. The van der Waals surface area contributed by atoms with E-state index in [1.54, 1.807) is 0 Å². The molecule has 0 fully saturated rings. The number of allylic oxidation sites excluding steroid dienone is 3. The lowest BCUT2D eigenvalue weighted by Crippen LogP contribution is -2.11. The van der Waals surface area contributed by atoms with Gasteiger partial charge in [0.25, 0.3) is 0 Å². The van der Waals surface area contributed by atoms with Crippen molar-refractivity contribution in [1.29, 1.82) is 0 Å². The van der Waals surface area contributed by atoms with Crippen LogP contribution in [0.1, 0.15) is 11.1 Å². The molecule has 0 N–H and O–H groups in total. The molecule has 0 saturated heterocycles. The van der Waals surface area contributed by atoms with Crippen LogP contribution in [0.15, 0.2) is 166 Å². The Morgan fingerprint density at radius 3 is 2.19 bits per heavy atom. The summed E-state index contributed by atoms with van der Waals surface area (Å²) in [5.74, 6) is 0. The molecule has 52 heavy (non-hydrogen) atoms. The number of thiophene rings is 1. The van der Waals surface area contributed by atoms with Crippen molar-refractivity contribution in [3.05, 3.63) is 163 Å². The number of aliphatic imine (C=N–C) groups is 1. The predicted octanol–water partition coefficient (Wildman–Crippen LogP) is 13.6. The summed E-state index contributed by atoms with van der Waals surface area (Å²) in [6, 6.07) is 49.1. The molecule has 242 valence electrons. The molecule has 11 aromatic rings. The molecule has 12 rings (SSSR count). The molecule has 4 nitrogen and oxygen atoms in total. The lowest BCUT2D eigenvalue weighted by atomic mass is 9.98. The van der Waals surface area contributed by atoms with Gasteiger partial charge in [-0.15, -0.1) is 11.3 Å². The topological polar surface area (TPSA) is 43.6 Å². The van der Waals surface area contributed by atoms with Crippen LogP contribution in [0.25, 0.3) is 97.1 Å². The first-order valence-corrected chi connectivity index (χ1v) is 18.2. The molecule has 1 aliphatic heterocycles. The molecular weight excluding hydrogens is 657 g/mol. The Labute approximate surface area is 300 Å². The summed E-state index contributed by atoms with van der Waals surface area (Å²) >= 11 is 1.85. The van der Waals surface area contributed by atoms with Crippen molar-refractivity contribution in [2.75, 3.05) is 0 Å². The van der Waals surface area contributed by atoms with Gasteiger partial charge in [0.2, 0.25) is 0 Å². The first kappa shape index (κ1) is 28.1. The van der Waals surface area contributed by atoms with Crippen LogP contribution in [-0.4, -0.2) is 10.3 Å². The number of hydrogen-bond donors (Lipinski definition) is 0. The molecule has 0 bridgehead atoms. The van der Waals surface area contributed by atoms with Crippen LogP contribution in [0.3, 0.4) is 0 Å². The van der Waals surface area contributed by atoms with E-state index in [9.17, 15) is 0 Å². The van der Waals surface area contributed by atoms with E-state index in [1.807, 2.05) is 41.7 Å². The van der Waals surface area contributed by atoms with Crippen molar-refractivity contribution in [3.63, 3.8) is 0 Å². The second-order valence-electron chi connectivity index (χ2n) is 13.5. The largest absolute Gasteiger partial charge is 0.456 e. The van der Waals surface area contributed by atoms with Crippen molar-refractivity contribution in [3.8, 4) is 0 Å². The zero-order valence-electron chi connectivity index (χ0n) is 27.7. The second-order valence-corrected chi connectivity index (χ2v) is 14.6. The quantitative estimate of drug-likeness (QED) is 0.182. The minimum atomic E-state index is 0.780. The highest BCUT2D eigenvalue weighted by molar-refractivity contribution is 7.26. The van der Waals surface area contributed by atoms with Gasteiger partial charge in [-0.05, 0) is 48.0 Å². The van der Waals surface area contributed by atoms with Crippen LogP contribution in [0, 0.1) is 0 Å². The van der Waals surface area contributed by atoms with Gasteiger partial charge in [0, 0.05) is 65.0 Å². The number of furan rings is 2. The van der Waals surface area contributed by atoms with Gasteiger partial charge in [0.05, 0.1) is 32.8 Å². The standard InChI is InChI=1S/C47H26N2O2S/c1-26-23-38(49-37-17-7-3-12-28(37)31-21-22-32-30-14-5-9-20-43(30)52-47(32)46(31)49)45(48-36-16-6-2-11-27(26)36)33-15-10-19-40-44(33)35-24-34-29-13-4-8-18-39(29)50-41(34)25-42(35)51-40/h2-25H,1H2. The van der Waals surface area contributed by atoms with Gasteiger partial charge < -0.3 is 13.4 Å². The van der Waals surface area contributed by atoms with E-state index >= 15 is 0 Å². The Morgan fingerprint density at radius 2 is 1.25 bits per heavy atom. The minimum absolute atomic E-state index is 0.780. The van der Waals surface area contributed by atoms with Crippen molar-refractivity contribution >= 4 is 120 Å². The molecule has 5 heteroatoms. The van der Waals surface area contributed by atoms with Gasteiger partial charge in [0.15, 0.2) is 0 Å². The van der Waals surface area contributed by atoms with E-state index in [2.05, 4.69) is 126 Å². The summed E-state index contributed by atoms with van der Waals surface area (Å²) in [4.78, 5) is 5.58. The Kier molecular flexibility index (Phi) is 5.50. The molecule has 0 unspecified atom stereocenters. The lowest BCUT2D eigenvalue weighted by molar-refractivity contribution is 0.656. The number of benzene rings is 7. The minimum Gasteiger partial charge on any atom is -0.456 e. The maximum atomic E-state index is 6.61. The SMILES string of the molecule is C=C1C=C(n2c3ccccc3c3ccc4c5ccccc5sc4c32)C(c2cccc3oc4cc5oc6ccccc6c5cc4c23)=Nc2ccccc21. The molecule has 0 atom stereocenters. The predicted molar refractivity (Wildman–Crippen MR) is 219 cm³/mol. The summed E-state index contributed by atoms with van der Waals surface area (Å²) in [5, 5.41) is 9.13. The molecule has 0 spiro atoms. The highest BCUT2D eigenvalue weighted by Crippen LogP contribution is 2.46. The average molecular weight is 683 g/mol. The normalized spacial score (nSPS) is 13.7. The Bertz CT molecular complexity index is 3440. The number of aromatic nitrogens is 1. The molecule has 7 aromatic carbocycles. The molecular formula is C47H26N2O2S. The zero-order valence-corrected chi connectivity index (χ0v) is 28.5. The van der Waals surface area contributed by atoms with E-state index in [1.165, 1.54) is 36.5 Å². The van der Waals surface area contributed by atoms with Crippen LogP contribution in [-0.2, 0) is 0 Å². The Morgan fingerprint density at radius 1 is 0.538 bits per heavy atom. The van der Waals surface area contributed by atoms with Gasteiger partial charge >= 0.3 is 0 Å². The molecule has 5 heterocycles. The van der Waals surface area contributed by atoms with Gasteiger partial charge in [-0.1, -0.05) is 104 Å². The zero-order chi connectivity index (χ0) is 34.1. The summed E-state index contributed by atoms with van der Waals surface area (Å²) in [6.07, 6.45) is 2.23. The molecule has 1 aliphatic rings. The fourth-order valence-electron chi connectivity index (χ4n) is 8.42. The second kappa shape index (κ2) is 10.2. The lowest BCUT2D eigenvalue weighted by Gasteiger charge is -2.16. The van der Waals surface area contributed by atoms with Crippen LogP contribution in [0.5, 0.6) is 0 Å². The van der Waals surface area contributed by atoms with Crippen LogP contribution in [0.2, 0.25) is 0 Å². The van der Waals surface area contributed by atoms with Crippen molar-refractivity contribution in [1.82, 2.24) is 4.57 Å². The smallest absolute Gasteiger partial charge is 0.139 e. The van der Waals surface area contributed by atoms with E-state index in [-0.39, 0.29) is 0 Å². The fraction of sp³-hybridized carbons (Fsp3) is 0. The Balaban J connectivity index is 1.23. The third kappa shape index (κ3) is 3.72. The van der Waals surface area contributed by atoms with E-state index in [4.69, 9.17) is 13.8 Å². The van der Waals surface area contributed by atoms with Gasteiger partial charge in [-0.3, -0.25) is 0 Å². The number of nitrogens with zero attached hydrogens (tertiary/aromatic N) is 2. The Hall–Kier alpha value is -6.69. The molecule has 0 amide bonds. The summed E-state index contributed by atoms with van der Waals surface area (Å²) < 4.78 is 17.8. The highest BCUT2D eigenvalue weighted by atomic mass is 32.1. The number of hydrogen-bond acceptors (Lipinski definition) is 4. The molecule has 0 saturated carbocycles. The molecule has 0 aliphatic carbocycles. The first-order valence-electron chi connectivity index (χ1n) is 17.4. The molecule has 4 aromatic heterocycles. The number of para-hydroxylation sites is 3. The number of rotatable bonds is 2. The van der Waals surface area contributed by atoms with Crippen LogP contribution in [0.4, 0.5) is 5.69 Å². The summed E-state index contributed by atoms with van der Waals surface area (Å²) in [5.41, 5.74) is 11.2. The first-order chi connectivity index (χ1) is 25.7. The molecule has 0 radical (unpaired) electrons. The van der Waals surface area contributed by atoms with Crippen molar-refractivity contribution in [2.45, 2.75) is 0 Å². The van der Waals surface area contributed by atoms with Crippen molar-refractivity contribution in [2.24, 2.45) is 4.99 Å². The van der Waals surface area contributed by atoms with Gasteiger partial charge in [-0.2, -0.15) is 0 Å². The van der Waals surface area contributed by atoms with E-state index in [0.29, 0.717) is 0 Å². The van der Waals surface area contributed by atoms with Gasteiger partial charge in [-0.25, -0.2) is 4.99 Å². The third-order valence-electron chi connectivity index (χ3n) is 10.7. The monoisotopic (exact) mass is 682 g/mol. The van der Waals surface area contributed by atoms with Crippen molar-refractivity contribution < 1.29 is 8.83 Å². The van der Waals surface area contributed by atoms with E-state index < -0.39 is 0 Å². The fourth-order valence-corrected chi connectivity index (χ4v) is 9.66. The maximum absolute atomic E-state index is 6.61. The van der Waals surface area contributed by atoms with Crippen LogP contribution < -0.4 is 0 Å². The summed E-state index contributed by atoms with van der Waals surface area (Å²) in [6.45, 7) is 4.63.